The number of piperazine rings is 1. The zero-order chi connectivity index (χ0) is 17.3. The quantitative estimate of drug-likeness (QED) is 0.897. The Morgan fingerprint density at radius 2 is 2.21 bits per heavy atom. The maximum absolute atomic E-state index is 12.8. The predicted octanol–water partition coefficient (Wildman–Crippen LogP) is 1.52. The first-order valence-electron chi connectivity index (χ1n) is 8.16. The molecule has 2 fully saturated rings. The highest BCUT2D eigenvalue weighted by Crippen LogP contribution is 2.35. The molecule has 1 aromatic carbocycles. The Morgan fingerprint density at radius 3 is 2.92 bits per heavy atom. The Balaban J connectivity index is 1.78. The molecule has 0 aliphatic carbocycles. The Morgan fingerprint density at radius 1 is 1.42 bits per heavy atom. The van der Waals surface area contributed by atoms with E-state index in [0.29, 0.717) is 29.5 Å². The highest BCUT2D eigenvalue weighted by atomic mass is 35.5. The molecule has 2 saturated heterocycles. The van der Waals surface area contributed by atoms with Crippen LogP contribution in [0.25, 0.3) is 0 Å². The zero-order valence-electron chi connectivity index (χ0n) is 13.9. The lowest BCUT2D eigenvalue weighted by molar-refractivity contribution is -0.138. The van der Waals surface area contributed by atoms with Crippen LogP contribution >= 0.6 is 11.6 Å². The summed E-state index contributed by atoms with van der Waals surface area (Å²) in [5.41, 5.74) is 0.624. The molecule has 2 aliphatic heterocycles. The van der Waals surface area contributed by atoms with Gasteiger partial charge in [-0.3, -0.25) is 9.59 Å². The molecule has 0 aromatic heterocycles. The predicted molar refractivity (Wildman–Crippen MR) is 92.5 cm³/mol. The van der Waals surface area contributed by atoms with Crippen LogP contribution in [0.1, 0.15) is 13.3 Å². The lowest BCUT2D eigenvalue weighted by Gasteiger charge is -2.35. The van der Waals surface area contributed by atoms with Crippen LogP contribution in [0.4, 0.5) is 5.69 Å². The zero-order valence-corrected chi connectivity index (χ0v) is 14.7. The normalized spacial score (nSPS) is 24.4. The summed E-state index contributed by atoms with van der Waals surface area (Å²) in [6.07, 6.45) is 0.227. The minimum absolute atomic E-state index is 0.0563. The summed E-state index contributed by atoms with van der Waals surface area (Å²) in [6, 6.07) is 5.31. The number of benzene rings is 1. The van der Waals surface area contributed by atoms with Crippen molar-refractivity contribution in [3.63, 3.8) is 0 Å². The molecule has 2 aliphatic rings. The standard InChI is InChI=1S/C17H22ClN3O3/c1-11-9-19-5-6-20(11)17(23)12-7-16(22)21(10-12)14-8-13(18)3-4-15(14)24-2/h3-4,8,11-12,19H,5-7,9-10H2,1-2H3/t11-,12?/m0/s1. The van der Waals surface area contributed by atoms with E-state index >= 15 is 0 Å². The highest BCUT2D eigenvalue weighted by Gasteiger charge is 2.39. The molecule has 0 saturated carbocycles. The van der Waals surface area contributed by atoms with Crippen LogP contribution in [0, 0.1) is 5.92 Å². The van der Waals surface area contributed by atoms with Gasteiger partial charge in [-0.25, -0.2) is 0 Å². The molecule has 130 valence electrons. The monoisotopic (exact) mass is 351 g/mol. The molecular weight excluding hydrogens is 330 g/mol. The van der Waals surface area contributed by atoms with Gasteiger partial charge in [0.25, 0.3) is 0 Å². The molecule has 0 spiro atoms. The first kappa shape index (κ1) is 17.0. The SMILES string of the molecule is COc1ccc(Cl)cc1N1CC(C(=O)N2CCNC[C@@H]2C)CC1=O. The number of nitrogens with one attached hydrogen (secondary N) is 1. The maximum Gasteiger partial charge on any atom is 0.228 e. The lowest BCUT2D eigenvalue weighted by atomic mass is 10.1. The van der Waals surface area contributed by atoms with Gasteiger partial charge in [0.15, 0.2) is 0 Å². The molecule has 6 nitrogen and oxygen atoms in total. The van der Waals surface area contributed by atoms with Crippen molar-refractivity contribution < 1.29 is 14.3 Å². The average molecular weight is 352 g/mol. The number of hydrogen-bond acceptors (Lipinski definition) is 4. The van der Waals surface area contributed by atoms with E-state index in [1.807, 2.05) is 11.8 Å². The van der Waals surface area contributed by atoms with Gasteiger partial charge in [0.05, 0.1) is 18.7 Å². The van der Waals surface area contributed by atoms with Gasteiger partial charge in [0, 0.05) is 43.7 Å². The number of methoxy groups -OCH3 is 1. The van der Waals surface area contributed by atoms with Crippen molar-refractivity contribution in [2.75, 3.05) is 38.2 Å². The van der Waals surface area contributed by atoms with Gasteiger partial charge in [-0.05, 0) is 25.1 Å². The fourth-order valence-corrected chi connectivity index (χ4v) is 3.55. The van der Waals surface area contributed by atoms with E-state index in [4.69, 9.17) is 16.3 Å². The van der Waals surface area contributed by atoms with Gasteiger partial charge in [-0.2, -0.15) is 0 Å². The fraction of sp³-hybridized carbons (Fsp3) is 0.529. The van der Waals surface area contributed by atoms with E-state index in [1.165, 1.54) is 0 Å². The summed E-state index contributed by atoms with van der Waals surface area (Å²) in [4.78, 5) is 28.8. The molecule has 1 N–H and O–H groups in total. The number of rotatable bonds is 3. The summed E-state index contributed by atoms with van der Waals surface area (Å²) in [5.74, 6) is 0.246. The van der Waals surface area contributed by atoms with Crippen LogP contribution < -0.4 is 15.0 Å². The van der Waals surface area contributed by atoms with Crippen molar-refractivity contribution in [2.24, 2.45) is 5.92 Å². The van der Waals surface area contributed by atoms with Gasteiger partial charge >= 0.3 is 0 Å². The van der Waals surface area contributed by atoms with Gasteiger partial charge in [0.2, 0.25) is 11.8 Å². The van der Waals surface area contributed by atoms with Crippen LogP contribution in [-0.2, 0) is 9.59 Å². The number of ether oxygens (including phenoxy) is 1. The van der Waals surface area contributed by atoms with E-state index < -0.39 is 0 Å². The van der Waals surface area contributed by atoms with Crippen LogP contribution in [-0.4, -0.2) is 56.0 Å². The van der Waals surface area contributed by atoms with Gasteiger partial charge < -0.3 is 19.9 Å². The van der Waals surface area contributed by atoms with Crippen LogP contribution in [0.5, 0.6) is 5.75 Å². The summed E-state index contributed by atoms with van der Waals surface area (Å²) in [7, 11) is 1.55. The molecule has 2 atom stereocenters. The largest absolute Gasteiger partial charge is 0.495 e. The maximum atomic E-state index is 12.8. The number of halogens is 1. The fourth-order valence-electron chi connectivity index (χ4n) is 3.38. The topological polar surface area (TPSA) is 61.9 Å². The van der Waals surface area contributed by atoms with Crippen molar-refractivity contribution in [1.82, 2.24) is 10.2 Å². The smallest absolute Gasteiger partial charge is 0.228 e. The molecule has 0 bridgehead atoms. The van der Waals surface area contributed by atoms with Crippen LogP contribution in [0.2, 0.25) is 5.02 Å². The molecule has 2 amide bonds. The summed E-state index contributed by atoms with van der Waals surface area (Å²) in [5, 5.41) is 3.80. The number of anilines is 1. The number of hydrogen-bond donors (Lipinski definition) is 1. The number of nitrogens with zero attached hydrogens (tertiary/aromatic N) is 2. The number of carbonyl (C=O) groups excluding carboxylic acids is 2. The van der Waals surface area contributed by atoms with Crippen molar-refractivity contribution >= 4 is 29.1 Å². The van der Waals surface area contributed by atoms with Gasteiger partial charge in [0.1, 0.15) is 5.75 Å². The minimum Gasteiger partial charge on any atom is -0.495 e. The third-order valence-electron chi connectivity index (χ3n) is 4.69. The molecule has 2 heterocycles. The summed E-state index contributed by atoms with van der Waals surface area (Å²) in [6.45, 7) is 4.66. The molecule has 24 heavy (non-hydrogen) atoms. The average Bonchev–Trinajstić information content (AvgIpc) is 2.96. The molecule has 7 heteroatoms. The first-order valence-corrected chi connectivity index (χ1v) is 8.54. The van der Waals surface area contributed by atoms with E-state index in [0.717, 1.165) is 13.1 Å². The lowest BCUT2D eigenvalue weighted by Crippen LogP contribution is -2.54. The van der Waals surface area contributed by atoms with E-state index in [-0.39, 0.29) is 30.2 Å². The Hall–Kier alpha value is -1.79. The number of carbonyl (C=O) groups is 2. The molecule has 1 unspecified atom stereocenters. The second-order valence-electron chi connectivity index (χ2n) is 6.31. The number of amides is 2. The van der Waals surface area contributed by atoms with Crippen LogP contribution in [0.3, 0.4) is 0 Å². The van der Waals surface area contributed by atoms with E-state index in [2.05, 4.69) is 5.32 Å². The first-order chi connectivity index (χ1) is 11.5. The third-order valence-corrected chi connectivity index (χ3v) is 4.93. The van der Waals surface area contributed by atoms with E-state index in [1.54, 1.807) is 30.2 Å². The molecule has 0 radical (unpaired) electrons. The van der Waals surface area contributed by atoms with Crippen molar-refractivity contribution in [1.29, 1.82) is 0 Å². The third kappa shape index (κ3) is 3.21. The molecular formula is C17H22ClN3O3. The van der Waals surface area contributed by atoms with Crippen molar-refractivity contribution in [3.05, 3.63) is 23.2 Å². The van der Waals surface area contributed by atoms with Gasteiger partial charge in [-0.15, -0.1) is 0 Å². The Kier molecular flexibility index (Phi) is 4.96. The highest BCUT2D eigenvalue weighted by molar-refractivity contribution is 6.31. The van der Waals surface area contributed by atoms with Gasteiger partial charge in [-0.1, -0.05) is 11.6 Å². The van der Waals surface area contributed by atoms with E-state index in [9.17, 15) is 9.59 Å². The summed E-state index contributed by atoms with van der Waals surface area (Å²) >= 11 is 6.06. The molecule has 1 aromatic rings. The van der Waals surface area contributed by atoms with Crippen molar-refractivity contribution in [3.8, 4) is 5.75 Å². The Bertz CT molecular complexity index is 652. The minimum atomic E-state index is -0.318. The second-order valence-corrected chi connectivity index (χ2v) is 6.74. The Labute approximate surface area is 146 Å². The summed E-state index contributed by atoms with van der Waals surface area (Å²) < 4.78 is 5.33. The van der Waals surface area contributed by atoms with Crippen molar-refractivity contribution in [2.45, 2.75) is 19.4 Å². The molecule has 3 rings (SSSR count). The second kappa shape index (κ2) is 6.99. The van der Waals surface area contributed by atoms with Crippen LogP contribution in [0.15, 0.2) is 18.2 Å².